The Morgan fingerprint density at radius 3 is 2.50 bits per heavy atom. The number of aromatic nitrogens is 1. The smallest absolute Gasteiger partial charge is 0.330 e. The van der Waals surface area contributed by atoms with E-state index in [1.54, 1.807) is 30.3 Å². The predicted octanol–water partition coefficient (Wildman–Crippen LogP) is 5.60. The number of methoxy groups -OCH3 is 1. The number of amides is 1. The second-order valence-corrected chi connectivity index (χ2v) is 12.0. The highest BCUT2D eigenvalue weighted by molar-refractivity contribution is 8.00. The molecule has 1 saturated heterocycles. The Balaban J connectivity index is 2.16. The van der Waals surface area contributed by atoms with E-state index in [0.717, 1.165) is 10.6 Å². The molecular weight excluding hydrogens is 444 g/mol. The number of carbonyl (C=O) groups is 2. The van der Waals surface area contributed by atoms with Crippen molar-refractivity contribution in [2.24, 2.45) is 5.92 Å². The number of carboxylic acids is 1. The van der Waals surface area contributed by atoms with Crippen LogP contribution in [0.4, 0.5) is 0 Å². The van der Waals surface area contributed by atoms with Crippen LogP contribution in [0.2, 0.25) is 0 Å². The topological polar surface area (TPSA) is 79.7 Å². The number of benzene rings is 1. The van der Waals surface area contributed by atoms with Crippen LogP contribution in [-0.4, -0.2) is 44.8 Å². The maximum absolute atomic E-state index is 14.0. The number of thioether (sulfide) groups is 1. The van der Waals surface area contributed by atoms with Crippen LogP contribution in [0.15, 0.2) is 29.8 Å². The molecule has 32 heavy (non-hydrogen) atoms. The van der Waals surface area contributed by atoms with Gasteiger partial charge in [0, 0.05) is 22.4 Å². The summed E-state index contributed by atoms with van der Waals surface area (Å²) in [5.74, 6) is -0.572. The molecule has 1 aromatic heterocycles. The lowest BCUT2D eigenvalue weighted by molar-refractivity contribution is -0.150. The molecule has 2 aromatic rings. The quantitative estimate of drug-likeness (QED) is 0.585. The van der Waals surface area contributed by atoms with Gasteiger partial charge in [0.25, 0.3) is 5.91 Å². The Labute approximate surface area is 198 Å². The zero-order valence-electron chi connectivity index (χ0n) is 19.7. The SMILES string of the molecule is COc1cc(C(=O)N2C(c3nccs3)SC(C)C2(CC(C)C)C(=O)O)ccc1C(C)(C)C. The lowest BCUT2D eigenvalue weighted by Gasteiger charge is -2.39. The number of carboxylic acid groups (broad SMARTS) is 1. The van der Waals surface area contributed by atoms with E-state index in [4.69, 9.17) is 4.74 Å². The van der Waals surface area contributed by atoms with Crippen molar-refractivity contribution in [3.05, 3.63) is 45.9 Å². The predicted molar refractivity (Wildman–Crippen MR) is 130 cm³/mol. The molecule has 1 aromatic carbocycles. The molecule has 1 aliphatic rings. The van der Waals surface area contributed by atoms with Crippen LogP contribution < -0.4 is 4.74 Å². The summed E-state index contributed by atoms with van der Waals surface area (Å²) in [7, 11) is 1.59. The fourth-order valence-electron chi connectivity index (χ4n) is 4.42. The molecule has 1 N–H and O–H groups in total. The maximum Gasteiger partial charge on any atom is 0.330 e. The molecule has 0 aliphatic carbocycles. The first-order valence-electron chi connectivity index (χ1n) is 10.7. The summed E-state index contributed by atoms with van der Waals surface area (Å²) in [6.45, 7) is 12.1. The van der Waals surface area contributed by atoms with Crippen molar-refractivity contribution in [1.82, 2.24) is 9.88 Å². The van der Waals surface area contributed by atoms with Gasteiger partial charge in [0.2, 0.25) is 0 Å². The highest BCUT2D eigenvalue weighted by atomic mass is 32.2. The van der Waals surface area contributed by atoms with E-state index in [1.165, 1.54) is 23.1 Å². The van der Waals surface area contributed by atoms with E-state index in [2.05, 4.69) is 25.8 Å². The van der Waals surface area contributed by atoms with Crippen LogP contribution >= 0.6 is 23.1 Å². The van der Waals surface area contributed by atoms with Crippen LogP contribution in [0.1, 0.15) is 74.3 Å². The number of hydrogen-bond acceptors (Lipinski definition) is 6. The molecule has 0 saturated carbocycles. The van der Waals surface area contributed by atoms with Gasteiger partial charge >= 0.3 is 5.97 Å². The monoisotopic (exact) mass is 476 g/mol. The normalized spacial score (nSPS) is 23.6. The van der Waals surface area contributed by atoms with Gasteiger partial charge in [0.1, 0.15) is 16.1 Å². The molecule has 1 aliphatic heterocycles. The summed E-state index contributed by atoms with van der Waals surface area (Å²) < 4.78 is 5.61. The third-order valence-electron chi connectivity index (χ3n) is 5.90. The third-order valence-corrected chi connectivity index (χ3v) is 8.36. The number of carbonyl (C=O) groups excluding carboxylic acids is 1. The van der Waals surface area contributed by atoms with Gasteiger partial charge in [0.15, 0.2) is 5.54 Å². The first-order valence-corrected chi connectivity index (χ1v) is 12.6. The van der Waals surface area contributed by atoms with E-state index in [9.17, 15) is 14.7 Å². The first kappa shape index (κ1) is 24.6. The van der Waals surface area contributed by atoms with Crippen LogP contribution in [0.5, 0.6) is 5.75 Å². The standard InChI is InChI=1S/C24H32N2O4S2/c1-14(2)13-24(22(28)29)15(3)32-21(19-25-10-11-31-19)26(24)20(27)16-8-9-17(23(4,5)6)18(12-16)30-7/h8-12,14-15,21H,13H2,1-7H3,(H,28,29). The number of thiazole rings is 1. The van der Waals surface area contributed by atoms with Gasteiger partial charge in [-0.2, -0.15) is 0 Å². The van der Waals surface area contributed by atoms with E-state index in [1.807, 2.05) is 32.2 Å². The number of ether oxygens (including phenoxy) is 1. The Morgan fingerprint density at radius 1 is 1.31 bits per heavy atom. The molecule has 0 bridgehead atoms. The summed E-state index contributed by atoms with van der Waals surface area (Å²) in [6.07, 6.45) is 2.06. The molecule has 8 heteroatoms. The molecule has 0 spiro atoms. The van der Waals surface area contributed by atoms with Gasteiger partial charge in [0.05, 0.1) is 7.11 Å². The average molecular weight is 477 g/mol. The second-order valence-electron chi connectivity index (χ2n) is 9.67. The largest absolute Gasteiger partial charge is 0.496 e. The molecule has 2 heterocycles. The number of rotatable bonds is 6. The van der Waals surface area contributed by atoms with Crippen LogP contribution in [-0.2, 0) is 10.2 Å². The summed E-state index contributed by atoms with van der Waals surface area (Å²) in [5.41, 5.74) is -0.0803. The second kappa shape index (κ2) is 9.06. The number of hydrogen-bond donors (Lipinski definition) is 1. The fraction of sp³-hybridized carbons (Fsp3) is 0.542. The summed E-state index contributed by atoms with van der Waals surface area (Å²) in [4.78, 5) is 32.8. The molecule has 1 fully saturated rings. The van der Waals surface area contributed by atoms with Crippen LogP contribution in [0, 0.1) is 5.92 Å². The van der Waals surface area contributed by atoms with Crippen molar-refractivity contribution >= 4 is 35.0 Å². The van der Waals surface area contributed by atoms with E-state index < -0.39 is 16.9 Å². The molecule has 0 radical (unpaired) electrons. The minimum Gasteiger partial charge on any atom is -0.496 e. The Morgan fingerprint density at radius 2 is 2.00 bits per heavy atom. The molecule has 3 atom stereocenters. The highest BCUT2D eigenvalue weighted by Gasteiger charge is 2.60. The zero-order chi connectivity index (χ0) is 23.8. The first-order chi connectivity index (χ1) is 14.9. The van der Waals surface area contributed by atoms with Gasteiger partial charge in [-0.15, -0.1) is 23.1 Å². The zero-order valence-corrected chi connectivity index (χ0v) is 21.3. The highest BCUT2D eigenvalue weighted by Crippen LogP contribution is 2.54. The van der Waals surface area contributed by atoms with E-state index >= 15 is 0 Å². The lowest BCUT2D eigenvalue weighted by atomic mass is 9.83. The lowest BCUT2D eigenvalue weighted by Crippen LogP contribution is -2.58. The maximum atomic E-state index is 14.0. The van der Waals surface area contributed by atoms with Crippen molar-refractivity contribution in [2.75, 3.05) is 7.11 Å². The van der Waals surface area contributed by atoms with E-state index in [0.29, 0.717) is 17.7 Å². The summed E-state index contributed by atoms with van der Waals surface area (Å²) in [5, 5.41) is 12.3. The van der Waals surface area contributed by atoms with Gasteiger partial charge in [-0.1, -0.05) is 47.6 Å². The van der Waals surface area contributed by atoms with Gasteiger partial charge < -0.3 is 14.7 Å². The summed E-state index contributed by atoms with van der Waals surface area (Å²) in [6, 6.07) is 5.42. The summed E-state index contributed by atoms with van der Waals surface area (Å²) >= 11 is 2.93. The van der Waals surface area contributed by atoms with Gasteiger partial charge in [-0.05, 0) is 35.4 Å². The number of aliphatic carboxylic acids is 1. The van der Waals surface area contributed by atoms with Crippen LogP contribution in [0.3, 0.4) is 0 Å². The van der Waals surface area contributed by atoms with Crippen molar-refractivity contribution in [3.63, 3.8) is 0 Å². The average Bonchev–Trinajstić information content (AvgIpc) is 3.33. The Hall–Kier alpha value is -2.06. The van der Waals surface area contributed by atoms with Crippen molar-refractivity contribution < 1.29 is 19.4 Å². The van der Waals surface area contributed by atoms with Gasteiger partial charge in [-0.3, -0.25) is 4.79 Å². The Bertz CT molecular complexity index is 984. The van der Waals surface area contributed by atoms with Crippen LogP contribution in [0.25, 0.3) is 0 Å². The minimum atomic E-state index is -1.33. The van der Waals surface area contributed by atoms with E-state index in [-0.39, 0.29) is 22.5 Å². The third kappa shape index (κ3) is 4.27. The molecule has 1 amide bonds. The molecule has 174 valence electrons. The molecule has 6 nitrogen and oxygen atoms in total. The minimum absolute atomic E-state index is 0.0947. The van der Waals surface area contributed by atoms with Crippen molar-refractivity contribution in [3.8, 4) is 5.75 Å². The van der Waals surface area contributed by atoms with Crippen molar-refractivity contribution in [2.45, 2.75) is 69.5 Å². The molecule has 3 rings (SSSR count). The van der Waals surface area contributed by atoms with Gasteiger partial charge in [-0.25, -0.2) is 9.78 Å². The van der Waals surface area contributed by atoms with Crippen molar-refractivity contribution in [1.29, 1.82) is 0 Å². The number of nitrogens with zero attached hydrogens (tertiary/aromatic N) is 2. The molecular formula is C24H32N2O4S2. The fourth-order valence-corrected chi connectivity index (χ4v) is 6.86. The molecule has 3 unspecified atom stereocenters. The Kier molecular flexibility index (Phi) is 6.96.